The summed E-state index contributed by atoms with van der Waals surface area (Å²) in [6.45, 7) is 14.4. The second-order valence-corrected chi connectivity index (χ2v) is 21.9. The van der Waals surface area contributed by atoms with Crippen LogP contribution in [0.15, 0.2) is 22.3 Å². The van der Waals surface area contributed by atoms with Gasteiger partial charge in [-0.05, 0) is 36.6 Å². The first-order chi connectivity index (χ1) is 12.9. The van der Waals surface area contributed by atoms with Gasteiger partial charge in [0.05, 0.1) is 33.4 Å². The van der Waals surface area contributed by atoms with Crippen molar-refractivity contribution in [1.29, 1.82) is 0 Å². The number of rotatable bonds is 4. The molecule has 154 valence electrons. The van der Waals surface area contributed by atoms with Crippen molar-refractivity contribution in [3.8, 4) is 0 Å². The lowest BCUT2D eigenvalue weighted by atomic mass is 9.78. The van der Waals surface area contributed by atoms with Crippen LogP contribution in [0.1, 0.15) is 19.3 Å². The Balaban J connectivity index is 2.11. The maximum absolute atomic E-state index is 13.3. The van der Waals surface area contributed by atoms with Gasteiger partial charge in [-0.1, -0.05) is 50.4 Å². The van der Waals surface area contributed by atoms with E-state index in [0.29, 0.717) is 28.5 Å². The molecule has 1 fully saturated rings. The highest BCUT2D eigenvalue weighted by atomic mass is 28.3. The molecule has 4 aliphatic rings. The lowest BCUT2D eigenvalue weighted by Gasteiger charge is -2.51. The van der Waals surface area contributed by atoms with Crippen molar-refractivity contribution in [1.82, 2.24) is 0 Å². The molecule has 0 heterocycles. The van der Waals surface area contributed by atoms with Crippen LogP contribution in [-0.2, 0) is 19.1 Å². The first-order valence-electron chi connectivity index (χ1n) is 10.6. The quantitative estimate of drug-likeness (QED) is 0.285. The molecule has 6 heteroatoms. The second-order valence-electron chi connectivity index (χ2n) is 11.2. The molecule has 0 N–H and O–H groups in total. The fraction of sp³-hybridized carbons (Fsp3) is 0.727. The van der Waals surface area contributed by atoms with Crippen LogP contribution in [0, 0.1) is 17.8 Å². The summed E-state index contributed by atoms with van der Waals surface area (Å²) in [6, 6.07) is 0. The van der Waals surface area contributed by atoms with E-state index in [-0.39, 0.29) is 22.9 Å². The van der Waals surface area contributed by atoms with E-state index in [2.05, 4.69) is 39.3 Å². The van der Waals surface area contributed by atoms with Gasteiger partial charge in [0, 0.05) is 19.0 Å². The third-order valence-electron chi connectivity index (χ3n) is 8.04. The maximum Gasteiger partial charge on any atom is 0.334 e. The molecule has 28 heavy (non-hydrogen) atoms. The Bertz CT molecular complexity index is 826. The van der Waals surface area contributed by atoms with Gasteiger partial charge in [0.1, 0.15) is 0 Å². The lowest BCUT2D eigenvalue weighted by molar-refractivity contribution is -0.139. The van der Waals surface area contributed by atoms with Gasteiger partial charge in [0.15, 0.2) is 0 Å². The monoisotopic (exact) mass is 418 g/mol. The molecule has 4 nitrogen and oxygen atoms in total. The first kappa shape index (κ1) is 20.1. The van der Waals surface area contributed by atoms with Gasteiger partial charge in [0.25, 0.3) is 0 Å². The summed E-state index contributed by atoms with van der Waals surface area (Å²) in [4.78, 5) is 26.4. The van der Waals surface area contributed by atoms with E-state index < -0.39 is 16.1 Å². The molecule has 0 unspecified atom stereocenters. The van der Waals surface area contributed by atoms with Crippen molar-refractivity contribution in [3.05, 3.63) is 22.3 Å². The zero-order chi connectivity index (χ0) is 20.8. The minimum atomic E-state index is -1.96. The Morgan fingerprint density at radius 1 is 0.929 bits per heavy atom. The molecule has 4 bridgehead atoms. The zero-order valence-corrected chi connectivity index (χ0v) is 20.6. The third-order valence-corrected chi connectivity index (χ3v) is 14.2. The number of carbonyl (C=O) groups is 2. The summed E-state index contributed by atoms with van der Waals surface area (Å²) >= 11 is 0. The SMILES string of the molecule is COC(=O)C1=C(C(=O)OC)[C@]2([Si](C)(C)C)C3=C([C@H]4CC[C@H]3C4)[C@H]1[C@@H]2[Si](C)(C)C. The zero-order valence-electron chi connectivity index (χ0n) is 18.6. The average Bonchev–Trinajstić information content (AvgIpc) is 3.32. The Morgan fingerprint density at radius 3 is 2.00 bits per heavy atom. The van der Waals surface area contributed by atoms with E-state index >= 15 is 0 Å². The summed E-state index contributed by atoms with van der Waals surface area (Å²) in [5.74, 6) is 0.645. The fourth-order valence-corrected chi connectivity index (χ4v) is 16.4. The largest absolute Gasteiger partial charge is 0.466 e. The predicted octanol–water partition coefficient (Wildman–Crippen LogP) is 4.79. The van der Waals surface area contributed by atoms with E-state index in [1.807, 2.05) is 0 Å². The van der Waals surface area contributed by atoms with Crippen LogP contribution in [0.2, 0.25) is 49.9 Å². The Labute approximate surface area is 170 Å². The summed E-state index contributed by atoms with van der Waals surface area (Å²) in [6.07, 6.45) is 3.69. The van der Waals surface area contributed by atoms with Crippen molar-refractivity contribution < 1.29 is 19.1 Å². The van der Waals surface area contributed by atoms with Crippen LogP contribution in [0.3, 0.4) is 0 Å². The molecule has 0 aliphatic heterocycles. The van der Waals surface area contributed by atoms with E-state index in [9.17, 15) is 9.59 Å². The van der Waals surface area contributed by atoms with E-state index in [1.54, 1.807) is 11.1 Å². The summed E-state index contributed by atoms with van der Waals surface area (Å²) in [7, 11) is -0.800. The standard InChI is InChI=1S/C22H34O4Si2/c1-25-20(23)16-15-14-12-9-10-13(11-12)17(14)22(28(6,7)8,18(16)21(24)26-2)19(15)27(3,4)5/h12-13,15,19H,9-11H2,1-8H3/t12-,13-,15+,19-,22+/m0/s1. The molecule has 0 spiro atoms. The molecule has 4 aliphatic carbocycles. The highest BCUT2D eigenvalue weighted by Crippen LogP contribution is 2.82. The van der Waals surface area contributed by atoms with Gasteiger partial charge in [-0.2, -0.15) is 0 Å². The Kier molecular flexibility index (Phi) is 4.27. The smallest absolute Gasteiger partial charge is 0.334 e. The second kappa shape index (κ2) is 5.94. The molecule has 0 aromatic heterocycles. The minimum absolute atomic E-state index is 0.0743. The van der Waals surface area contributed by atoms with E-state index in [1.165, 1.54) is 33.5 Å². The molecule has 0 radical (unpaired) electrons. The number of allylic oxidation sites excluding steroid dienone is 2. The van der Waals surface area contributed by atoms with Gasteiger partial charge in [-0.25, -0.2) is 9.59 Å². The molecular formula is C22H34O4Si2. The Hall–Kier alpha value is -1.15. The molecule has 0 aromatic carbocycles. The summed E-state index contributed by atoms with van der Waals surface area (Å²) in [5, 5.41) is -0.270. The van der Waals surface area contributed by atoms with Crippen LogP contribution in [0.4, 0.5) is 0 Å². The van der Waals surface area contributed by atoms with Crippen LogP contribution >= 0.6 is 0 Å². The molecular weight excluding hydrogens is 384 g/mol. The number of esters is 2. The van der Waals surface area contributed by atoms with Crippen LogP contribution in [-0.4, -0.2) is 42.3 Å². The van der Waals surface area contributed by atoms with Crippen LogP contribution < -0.4 is 0 Å². The number of fused-ring (bicyclic) bond motifs is 8. The van der Waals surface area contributed by atoms with Crippen LogP contribution in [0.5, 0.6) is 0 Å². The number of hydrogen-bond donors (Lipinski definition) is 0. The van der Waals surface area contributed by atoms with Crippen molar-refractivity contribution in [2.24, 2.45) is 17.8 Å². The predicted molar refractivity (Wildman–Crippen MR) is 116 cm³/mol. The fourth-order valence-electron chi connectivity index (χ4n) is 7.64. The molecule has 1 saturated carbocycles. The topological polar surface area (TPSA) is 52.6 Å². The Morgan fingerprint density at radius 2 is 1.50 bits per heavy atom. The van der Waals surface area contributed by atoms with Crippen molar-refractivity contribution in [2.45, 2.75) is 69.1 Å². The highest BCUT2D eigenvalue weighted by molar-refractivity contribution is 6.87. The van der Waals surface area contributed by atoms with Gasteiger partial charge in [0.2, 0.25) is 0 Å². The number of ether oxygens (including phenoxy) is 2. The van der Waals surface area contributed by atoms with Gasteiger partial charge in [-0.3, -0.25) is 0 Å². The molecule has 4 rings (SSSR count). The molecule has 0 amide bonds. The maximum atomic E-state index is 13.3. The number of methoxy groups -OCH3 is 2. The van der Waals surface area contributed by atoms with Crippen molar-refractivity contribution in [3.63, 3.8) is 0 Å². The highest BCUT2D eigenvalue weighted by Gasteiger charge is 2.75. The van der Waals surface area contributed by atoms with E-state index in [0.717, 1.165) is 0 Å². The first-order valence-corrected chi connectivity index (χ1v) is 17.7. The molecule has 0 saturated heterocycles. The van der Waals surface area contributed by atoms with Crippen LogP contribution in [0.25, 0.3) is 0 Å². The minimum Gasteiger partial charge on any atom is -0.466 e. The van der Waals surface area contributed by atoms with Gasteiger partial charge < -0.3 is 9.47 Å². The third kappa shape index (κ3) is 2.16. The van der Waals surface area contributed by atoms with Crippen molar-refractivity contribution in [2.75, 3.05) is 14.2 Å². The molecule has 0 aromatic rings. The molecule has 5 atom stereocenters. The normalized spacial score (nSPS) is 36.3. The average molecular weight is 419 g/mol. The lowest BCUT2D eigenvalue weighted by Crippen LogP contribution is -2.50. The number of carbonyl (C=O) groups excluding carboxylic acids is 2. The van der Waals surface area contributed by atoms with E-state index in [4.69, 9.17) is 9.47 Å². The summed E-state index contributed by atoms with van der Waals surface area (Å²) < 4.78 is 10.6. The van der Waals surface area contributed by atoms with Crippen molar-refractivity contribution >= 4 is 28.1 Å². The number of hydrogen-bond acceptors (Lipinski definition) is 4. The van der Waals surface area contributed by atoms with Gasteiger partial charge >= 0.3 is 11.9 Å². The summed E-state index contributed by atoms with van der Waals surface area (Å²) in [5.41, 5.74) is 4.82. The van der Waals surface area contributed by atoms with Gasteiger partial charge in [-0.15, -0.1) is 0 Å².